The van der Waals surface area contributed by atoms with Crippen molar-refractivity contribution in [3.63, 3.8) is 0 Å². The zero-order valence-corrected chi connectivity index (χ0v) is 14.3. The van der Waals surface area contributed by atoms with E-state index in [1.54, 1.807) is 18.2 Å². The van der Waals surface area contributed by atoms with Crippen LogP contribution < -0.4 is 5.32 Å². The molecule has 1 amide bonds. The van der Waals surface area contributed by atoms with E-state index in [9.17, 15) is 4.79 Å². The molecule has 0 radical (unpaired) electrons. The van der Waals surface area contributed by atoms with Gasteiger partial charge in [-0.1, -0.05) is 61.3 Å². The highest BCUT2D eigenvalue weighted by molar-refractivity contribution is 6.35. The molecule has 2 aromatic carbocycles. The Hall–Kier alpha value is -1.51. The number of benzene rings is 2. The normalized spacial score (nSPS) is 10.5. The zero-order chi connectivity index (χ0) is 16.1. The van der Waals surface area contributed by atoms with Crippen LogP contribution in [-0.2, 0) is 24.1 Å². The van der Waals surface area contributed by atoms with Crippen molar-refractivity contribution in [3.8, 4) is 0 Å². The van der Waals surface area contributed by atoms with E-state index >= 15 is 0 Å². The van der Waals surface area contributed by atoms with Crippen molar-refractivity contribution < 1.29 is 4.79 Å². The summed E-state index contributed by atoms with van der Waals surface area (Å²) < 4.78 is 0. The molecule has 0 atom stereocenters. The van der Waals surface area contributed by atoms with E-state index in [1.165, 1.54) is 0 Å². The van der Waals surface area contributed by atoms with Gasteiger partial charge in [0.1, 0.15) is 0 Å². The van der Waals surface area contributed by atoms with Crippen LogP contribution in [0.4, 0.5) is 5.69 Å². The molecule has 1 N–H and O–H groups in total. The van der Waals surface area contributed by atoms with Crippen molar-refractivity contribution in [2.24, 2.45) is 0 Å². The Bertz CT molecular complexity index is 661. The van der Waals surface area contributed by atoms with Gasteiger partial charge in [-0.3, -0.25) is 4.79 Å². The van der Waals surface area contributed by atoms with Gasteiger partial charge in [-0.2, -0.15) is 0 Å². The lowest BCUT2D eigenvalue weighted by atomic mass is 10.0. The number of para-hydroxylation sites is 1. The summed E-state index contributed by atoms with van der Waals surface area (Å²) in [6, 6.07) is 11.3. The third-order valence-electron chi connectivity index (χ3n) is 3.63. The second-order valence-corrected chi connectivity index (χ2v) is 5.96. The van der Waals surface area contributed by atoms with Gasteiger partial charge in [0.15, 0.2) is 0 Å². The first-order valence-electron chi connectivity index (χ1n) is 7.39. The maximum atomic E-state index is 12.4. The molecule has 0 saturated heterocycles. The second-order valence-electron chi connectivity index (χ2n) is 5.12. The van der Waals surface area contributed by atoms with E-state index < -0.39 is 0 Å². The molecule has 0 bridgehead atoms. The minimum Gasteiger partial charge on any atom is -0.325 e. The van der Waals surface area contributed by atoms with Gasteiger partial charge in [0.2, 0.25) is 5.91 Å². The Labute approximate surface area is 141 Å². The Morgan fingerprint density at radius 3 is 2.18 bits per heavy atom. The molecular weight excluding hydrogens is 317 g/mol. The highest BCUT2D eigenvalue weighted by Gasteiger charge is 2.12. The predicted molar refractivity (Wildman–Crippen MR) is 94.0 cm³/mol. The molecule has 0 aliphatic carbocycles. The highest BCUT2D eigenvalue weighted by atomic mass is 35.5. The van der Waals surface area contributed by atoms with Gasteiger partial charge in [-0.15, -0.1) is 0 Å². The van der Waals surface area contributed by atoms with Crippen molar-refractivity contribution >= 4 is 34.8 Å². The lowest BCUT2D eigenvalue weighted by Gasteiger charge is -2.14. The maximum Gasteiger partial charge on any atom is 0.228 e. The fraction of sp³-hybridized carbons (Fsp3) is 0.278. The lowest BCUT2D eigenvalue weighted by Crippen LogP contribution is -2.17. The molecule has 0 fully saturated rings. The lowest BCUT2D eigenvalue weighted by molar-refractivity contribution is -0.115. The van der Waals surface area contributed by atoms with Crippen LogP contribution in [0.1, 0.15) is 30.5 Å². The third-order valence-corrected chi connectivity index (χ3v) is 4.22. The molecule has 2 aromatic rings. The first-order valence-corrected chi connectivity index (χ1v) is 8.15. The van der Waals surface area contributed by atoms with E-state index in [2.05, 4.69) is 19.2 Å². The van der Waals surface area contributed by atoms with Crippen molar-refractivity contribution in [2.45, 2.75) is 33.1 Å². The smallest absolute Gasteiger partial charge is 0.228 e. The van der Waals surface area contributed by atoms with E-state index in [4.69, 9.17) is 23.2 Å². The number of carbonyl (C=O) groups excluding carboxylic acids is 1. The van der Waals surface area contributed by atoms with Gasteiger partial charge in [0, 0.05) is 15.7 Å². The van der Waals surface area contributed by atoms with Crippen LogP contribution >= 0.6 is 23.2 Å². The minimum atomic E-state index is -0.0696. The molecule has 0 aliphatic heterocycles. The van der Waals surface area contributed by atoms with Crippen LogP contribution in [0, 0.1) is 0 Å². The fourth-order valence-electron chi connectivity index (χ4n) is 2.42. The molecule has 0 aliphatic rings. The number of rotatable bonds is 5. The predicted octanol–water partition coefficient (Wildman–Crippen LogP) is 5.30. The molecule has 0 saturated carbocycles. The summed E-state index contributed by atoms with van der Waals surface area (Å²) in [5.74, 6) is -0.0696. The third kappa shape index (κ3) is 4.02. The SMILES string of the molecule is CCc1cccc(CC)c1NC(=O)Cc1ccc(Cl)cc1Cl. The van der Waals surface area contributed by atoms with E-state index in [1.807, 2.05) is 18.2 Å². The van der Waals surface area contributed by atoms with Gasteiger partial charge < -0.3 is 5.32 Å². The molecule has 2 rings (SSSR count). The molecular formula is C18H19Cl2NO. The maximum absolute atomic E-state index is 12.4. The first kappa shape index (κ1) is 16.9. The van der Waals surface area contributed by atoms with Crippen LogP contribution in [0.25, 0.3) is 0 Å². The summed E-state index contributed by atoms with van der Waals surface area (Å²) in [7, 11) is 0. The largest absolute Gasteiger partial charge is 0.325 e. The number of carbonyl (C=O) groups is 1. The van der Waals surface area contributed by atoms with Gasteiger partial charge in [-0.25, -0.2) is 0 Å². The number of hydrogen-bond donors (Lipinski definition) is 1. The summed E-state index contributed by atoms with van der Waals surface area (Å²) in [5.41, 5.74) is 4.00. The molecule has 0 heterocycles. The quantitative estimate of drug-likeness (QED) is 0.789. The van der Waals surface area contributed by atoms with E-state index in [0.717, 1.165) is 35.2 Å². The molecule has 2 nitrogen and oxygen atoms in total. The Morgan fingerprint density at radius 1 is 1.00 bits per heavy atom. The first-order chi connectivity index (χ1) is 10.5. The molecule has 116 valence electrons. The minimum absolute atomic E-state index is 0.0696. The summed E-state index contributed by atoms with van der Waals surface area (Å²) >= 11 is 12.0. The van der Waals surface area contributed by atoms with Crippen LogP contribution in [0.2, 0.25) is 10.0 Å². The van der Waals surface area contributed by atoms with Gasteiger partial charge in [0.25, 0.3) is 0 Å². The van der Waals surface area contributed by atoms with Crippen molar-refractivity contribution in [1.82, 2.24) is 0 Å². The molecule has 4 heteroatoms. The fourth-order valence-corrected chi connectivity index (χ4v) is 2.90. The molecule has 22 heavy (non-hydrogen) atoms. The molecule has 0 aromatic heterocycles. The average Bonchev–Trinajstić information content (AvgIpc) is 2.50. The average molecular weight is 336 g/mol. The topological polar surface area (TPSA) is 29.1 Å². The second kappa shape index (κ2) is 7.66. The van der Waals surface area contributed by atoms with E-state index in [-0.39, 0.29) is 12.3 Å². The summed E-state index contributed by atoms with van der Waals surface area (Å²) in [4.78, 5) is 12.4. The van der Waals surface area contributed by atoms with Gasteiger partial charge in [0.05, 0.1) is 6.42 Å². The number of aryl methyl sites for hydroxylation is 2. The highest BCUT2D eigenvalue weighted by Crippen LogP contribution is 2.24. The summed E-state index contributed by atoms with van der Waals surface area (Å²) in [5, 5.41) is 4.12. The number of anilines is 1. The molecule has 0 unspecified atom stereocenters. The number of amides is 1. The monoisotopic (exact) mass is 335 g/mol. The van der Waals surface area contributed by atoms with Crippen molar-refractivity contribution in [2.75, 3.05) is 5.32 Å². The molecule has 0 spiro atoms. The Morgan fingerprint density at radius 2 is 1.64 bits per heavy atom. The number of nitrogens with one attached hydrogen (secondary N) is 1. The number of halogens is 2. The Kier molecular flexibility index (Phi) is 5.87. The van der Waals surface area contributed by atoms with Crippen LogP contribution in [0.15, 0.2) is 36.4 Å². The standard InChI is InChI=1S/C18H19Cl2NO/c1-3-12-6-5-7-13(4-2)18(12)21-17(22)10-14-8-9-15(19)11-16(14)20/h5-9,11H,3-4,10H2,1-2H3,(H,21,22). The Balaban J connectivity index is 2.19. The number of hydrogen-bond acceptors (Lipinski definition) is 1. The van der Waals surface area contributed by atoms with Crippen LogP contribution in [-0.4, -0.2) is 5.91 Å². The van der Waals surface area contributed by atoms with E-state index in [0.29, 0.717) is 10.0 Å². The summed E-state index contributed by atoms with van der Waals surface area (Å²) in [6.45, 7) is 4.17. The summed E-state index contributed by atoms with van der Waals surface area (Å²) in [6.07, 6.45) is 1.99. The van der Waals surface area contributed by atoms with Crippen molar-refractivity contribution in [3.05, 3.63) is 63.1 Å². The van der Waals surface area contributed by atoms with Crippen LogP contribution in [0.5, 0.6) is 0 Å². The zero-order valence-electron chi connectivity index (χ0n) is 12.7. The van der Waals surface area contributed by atoms with Gasteiger partial charge >= 0.3 is 0 Å². The van der Waals surface area contributed by atoms with Crippen LogP contribution in [0.3, 0.4) is 0 Å². The van der Waals surface area contributed by atoms with Gasteiger partial charge in [-0.05, 0) is 41.7 Å². The van der Waals surface area contributed by atoms with Crippen molar-refractivity contribution in [1.29, 1.82) is 0 Å².